The highest BCUT2D eigenvalue weighted by Crippen LogP contribution is 2.27. The number of nitrogens with two attached hydrogens (primary N) is 1. The lowest BCUT2D eigenvalue weighted by Gasteiger charge is -2.32. The van der Waals surface area contributed by atoms with Crippen LogP contribution in [-0.4, -0.2) is 12.1 Å². The largest absolute Gasteiger partial charge is 0.490 e. The average Bonchev–Trinajstić information content (AvgIpc) is 2.18. The van der Waals surface area contributed by atoms with Gasteiger partial charge in [-0.25, -0.2) is 0 Å². The summed E-state index contributed by atoms with van der Waals surface area (Å²) in [4.78, 5) is 0. The summed E-state index contributed by atoms with van der Waals surface area (Å²) in [6.45, 7) is 0. The number of nitrogens with zero attached hydrogens (tertiary/aromatic N) is 1. The van der Waals surface area contributed by atoms with Crippen LogP contribution in [-0.2, 0) is 0 Å². The van der Waals surface area contributed by atoms with Crippen molar-refractivity contribution in [3.05, 3.63) is 28.2 Å². The zero-order valence-corrected chi connectivity index (χ0v) is 10.9. The number of nitriles is 1. The Labute approximate surface area is 109 Å². The molecule has 0 atom stereocenters. The van der Waals surface area contributed by atoms with E-state index in [1.54, 1.807) is 6.07 Å². The van der Waals surface area contributed by atoms with E-state index in [1.165, 1.54) is 0 Å². The van der Waals surface area contributed by atoms with Crippen LogP contribution >= 0.6 is 28.3 Å². The molecule has 3 nitrogen and oxygen atoms in total. The first-order chi connectivity index (χ1) is 7.19. The molecule has 0 unspecified atom stereocenters. The van der Waals surface area contributed by atoms with Crippen molar-refractivity contribution in [1.29, 1.82) is 5.26 Å². The average molecular weight is 304 g/mol. The van der Waals surface area contributed by atoms with E-state index in [-0.39, 0.29) is 24.6 Å². The van der Waals surface area contributed by atoms with Gasteiger partial charge in [0, 0.05) is 10.5 Å². The van der Waals surface area contributed by atoms with Gasteiger partial charge in [-0.3, -0.25) is 0 Å². The molecule has 5 heteroatoms. The lowest BCUT2D eigenvalue weighted by Crippen LogP contribution is -2.43. The minimum absolute atomic E-state index is 0. The van der Waals surface area contributed by atoms with Crippen LogP contribution < -0.4 is 10.5 Å². The van der Waals surface area contributed by atoms with Gasteiger partial charge < -0.3 is 10.5 Å². The molecule has 1 aliphatic carbocycles. The van der Waals surface area contributed by atoms with E-state index in [0.717, 1.165) is 23.1 Å². The smallest absolute Gasteiger partial charge is 0.121 e. The van der Waals surface area contributed by atoms with E-state index in [0.29, 0.717) is 5.56 Å². The van der Waals surface area contributed by atoms with Crippen LogP contribution in [0, 0.1) is 11.3 Å². The van der Waals surface area contributed by atoms with Gasteiger partial charge in [-0.05, 0) is 47.0 Å². The summed E-state index contributed by atoms with van der Waals surface area (Å²) in [5, 5.41) is 8.83. The maximum absolute atomic E-state index is 8.83. The molecule has 1 aliphatic rings. The van der Waals surface area contributed by atoms with Gasteiger partial charge in [-0.2, -0.15) is 5.26 Å². The van der Waals surface area contributed by atoms with E-state index in [4.69, 9.17) is 15.7 Å². The highest BCUT2D eigenvalue weighted by molar-refractivity contribution is 9.10. The maximum Gasteiger partial charge on any atom is 0.121 e. The van der Waals surface area contributed by atoms with Crippen LogP contribution in [0.4, 0.5) is 0 Å². The molecule has 16 heavy (non-hydrogen) atoms. The Hall–Kier alpha value is -0.760. The van der Waals surface area contributed by atoms with Crippen molar-refractivity contribution in [1.82, 2.24) is 0 Å². The lowest BCUT2D eigenvalue weighted by molar-refractivity contribution is 0.101. The van der Waals surface area contributed by atoms with Crippen molar-refractivity contribution in [3.8, 4) is 11.8 Å². The Morgan fingerprint density at radius 3 is 2.69 bits per heavy atom. The van der Waals surface area contributed by atoms with Crippen LogP contribution in [0.1, 0.15) is 18.4 Å². The highest BCUT2D eigenvalue weighted by Gasteiger charge is 2.27. The predicted octanol–water partition coefficient (Wildman–Crippen LogP) is 2.61. The summed E-state index contributed by atoms with van der Waals surface area (Å²) in [6.07, 6.45) is 2.02. The second kappa shape index (κ2) is 5.53. The monoisotopic (exact) mass is 302 g/mol. The van der Waals surface area contributed by atoms with Crippen molar-refractivity contribution < 1.29 is 4.74 Å². The van der Waals surface area contributed by atoms with E-state index in [1.807, 2.05) is 12.1 Å². The molecule has 0 spiro atoms. The SMILES string of the molecule is Cl.N#Cc1cc(O[C@H]2C[C@H](N)C2)ccc1Br. The molecule has 1 fully saturated rings. The zero-order valence-electron chi connectivity index (χ0n) is 8.52. The zero-order chi connectivity index (χ0) is 10.8. The minimum atomic E-state index is 0. The molecule has 86 valence electrons. The molecule has 0 saturated heterocycles. The Kier molecular flexibility index (Phi) is 4.60. The fraction of sp³-hybridized carbons (Fsp3) is 0.364. The molecular weight excluding hydrogens is 291 g/mol. The van der Waals surface area contributed by atoms with Gasteiger partial charge in [0.05, 0.1) is 5.56 Å². The molecule has 0 bridgehead atoms. The van der Waals surface area contributed by atoms with Gasteiger partial charge in [-0.1, -0.05) is 0 Å². The molecular formula is C11H12BrClN2O. The first kappa shape index (κ1) is 13.3. The molecule has 0 aromatic heterocycles. The van der Waals surface area contributed by atoms with Crippen molar-refractivity contribution >= 4 is 28.3 Å². The third-order valence-corrected chi connectivity index (χ3v) is 3.18. The molecule has 2 N–H and O–H groups in total. The van der Waals surface area contributed by atoms with Gasteiger partial charge in [-0.15, -0.1) is 12.4 Å². The molecule has 2 rings (SSSR count). The van der Waals surface area contributed by atoms with Crippen LogP contribution in [0.5, 0.6) is 5.75 Å². The van der Waals surface area contributed by atoms with Crippen molar-refractivity contribution in [2.75, 3.05) is 0 Å². The second-order valence-corrected chi connectivity index (χ2v) is 4.58. The van der Waals surface area contributed by atoms with E-state index < -0.39 is 0 Å². The van der Waals surface area contributed by atoms with Crippen LogP contribution in [0.15, 0.2) is 22.7 Å². The van der Waals surface area contributed by atoms with Crippen LogP contribution in [0.2, 0.25) is 0 Å². The Balaban J connectivity index is 0.00000128. The molecule has 0 amide bonds. The van der Waals surface area contributed by atoms with Gasteiger partial charge in [0.1, 0.15) is 17.9 Å². The topological polar surface area (TPSA) is 59.0 Å². The standard InChI is InChI=1S/C11H11BrN2O.ClH/c12-11-2-1-9(3-7(11)6-13)15-10-4-8(14)5-10;/h1-3,8,10H,4-5,14H2;1H/t8-,10-;. The molecule has 0 heterocycles. The number of halogens is 2. The summed E-state index contributed by atoms with van der Waals surface area (Å²) in [6, 6.07) is 7.81. The van der Waals surface area contributed by atoms with E-state index >= 15 is 0 Å². The Morgan fingerprint density at radius 2 is 2.12 bits per heavy atom. The summed E-state index contributed by atoms with van der Waals surface area (Å²) in [5.41, 5.74) is 6.26. The Morgan fingerprint density at radius 1 is 1.44 bits per heavy atom. The quantitative estimate of drug-likeness (QED) is 0.913. The maximum atomic E-state index is 8.83. The van der Waals surface area contributed by atoms with E-state index in [2.05, 4.69) is 22.0 Å². The molecule has 1 saturated carbocycles. The van der Waals surface area contributed by atoms with Gasteiger partial charge in [0.15, 0.2) is 0 Å². The molecule has 1 aromatic carbocycles. The lowest BCUT2D eigenvalue weighted by atomic mass is 9.90. The number of benzene rings is 1. The number of rotatable bonds is 2. The van der Waals surface area contributed by atoms with Crippen molar-refractivity contribution in [2.45, 2.75) is 25.0 Å². The van der Waals surface area contributed by atoms with Crippen molar-refractivity contribution in [3.63, 3.8) is 0 Å². The Bertz CT molecular complexity index is 413. The van der Waals surface area contributed by atoms with E-state index in [9.17, 15) is 0 Å². The fourth-order valence-electron chi connectivity index (χ4n) is 1.56. The third-order valence-electron chi connectivity index (χ3n) is 2.49. The molecule has 1 aromatic rings. The van der Waals surface area contributed by atoms with Gasteiger partial charge >= 0.3 is 0 Å². The van der Waals surface area contributed by atoms with Crippen LogP contribution in [0.25, 0.3) is 0 Å². The predicted molar refractivity (Wildman–Crippen MR) is 67.7 cm³/mol. The second-order valence-electron chi connectivity index (χ2n) is 3.72. The third kappa shape index (κ3) is 2.88. The number of ether oxygens (including phenoxy) is 1. The number of hydrogen-bond donors (Lipinski definition) is 1. The first-order valence-corrected chi connectivity index (χ1v) is 5.60. The molecule has 0 aliphatic heterocycles. The highest BCUT2D eigenvalue weighted by atomic mass is 79.9. The fourth-order valence-corrected chi connectivity index (χ4v) is 1.89. The van der Waals surface area contributed by atoms with Gasteiger partial charge in [0.25, 0.3) is 0 Å². The minimum Gasteiger partial charge on any atom is -0.490 e. The normalized spacial score (nSPS) is 22.6. The van der Waals surface area contributed by atoms with Gasteiger partial charge in [0.2, 0.25) is 0 Å². The molecule has 0 radical (unpaired) electrons. The first-order valence-electron chi connectivity index (χ1n) is 4.81. The summed E-state index contributed by atoms with van der Waals surface area (Å²) in [7, 11) is 0. The number of hydrogen-bond acceptors (Lipinski definition) is 3. The summed E-state index contributed by atoms with van der Waals surface area (Å²) < 4.78 is 6.46. The van der Waals surface area contributed by atoms with Crippen LogP contribution in [0.3, 0.4) is 0 Å². The van der Waals surface area contributed by atoms with Crippen molar-refractivity contribution in [2.24, 2.45) is 5.73 Å². The summed E-state index contributed by atoms with van der Waals surface area (Å²) >= 11 is 3.30. The summed E-state index contributed by atoms with van der Waals surface area (Å²) in [5.74, 6) is 0.742.